The van der Waals surface area contributed by atoms with Gasteiger partial charge < -0.3 is 10.0 Å². The summed E-state index contributed by atoms with van der Waals surface area (Å²) in [5.74, 6) is 0. The molecule has 2 nitrogen and oxygen atoms in total. The van der Waals surface area contributed by atoms with Gasteiger partial charge in [-0.25, -0.2) is 0 Å². The second kappa shape index (κ2) is 5.45. The Hall–Kier alpha value is -3.14. The van der Waals surface area contributed by atoms with Crippen molar-refractivity contribution in [1.29, 1.82) is 0 Å². The van der Waals surface area contributed by atoms with Crippen LogP contribution in [0.4, 0.5) is 0 Å². The van der Waals surface area contributed by atoms with Crippen LogP contribution in [0, 0.1) is 0 Å². The monoisotopic (exact) mass is 360 g/mol. The van der Waals surface area contributed by atoms with Crippen LogP contribution in [0.5, 0.6) is 0 Å². The van der Waals surface area contributed by atoms with Crippen LogP contribution < -0.4 is 5.46 Å². The standard InChI is InChI=1S/C25H17BO2/c27-26(28)16-13-14-20-19-9-3-6-12-23(19)25(24(20)15-16)21-10-4-1-7-17(21)18-8-2-5-11-22(18)25/h1-15,27-28H. The number of hydrogen-bond donors (Lipinski definition) is 2. The smallest absolute Gasteiger partial charge is 0.423 e. The van der Waals surface area contributed by atoms with Crippen molar-refractivity contribution in [3.8, 4) is 22.3 Å². The van der Waals surface area contributed by atoms with Crippen molar-refractivity contribution < 1.29 is 10.0 Å². The fourth-order valence-corrected chi connectivity index (χ4v) is 5.27. The van der Waals surface area contributed by atoms with Gasteiger partial charge in [-0.3, -0.25) is 0 Å². The topological polar surface area (TPSA) is 40.5 Å². The van der Waals surface area contributed by atoms with Gasteiger partial charge in [0.05, 0.1) is 5.41 Å². The molecule has 0 radical (unpaired) electrons. The molecular weight excluding hydrogens is 343 g/mol. The minimum Gasteiger partial charge on any atom is -0.423 e. The quantitative estimate of drug-likeness (QED) is 0.439. The van der Waals surface area contributed by atoms with Crippen molar-refractivity contribution in [1.82, 2.24) is 0 Å². The van der Waals surface area contributed by atoms with E-state index in [2.05, 4.69) is 72.8 Å². The molecule has 2 aliphatic carbocycles. The van der Waals surface area contributed by atoms with Crippen molar-refractivity contribution in [2.24, 2.45) is 0 Å². The summed E-state index contributed by atoms with van der Waals surface area (Å²) >= 11 is 0. The molecule has 0 heterocycles. The summed E-state index contributed by atoms with van der Waals surface area (Å²) in [7, 11) is -1.49. The molecule has 4 aromatic carbocycles. The van der Waals surface area contributed by atoms with E-state index in [1.54, 1.807) is 0 Å². The maximum Gasteiger partial charge on any atom is 0.488 e. The van der Waals surface area contributed by atoms with Gasteiger partial charge in [0.1, 0.15) is 0 Å². The van der Waals surface area contributed by atoms with Crippen molar-refractivity contribution in [3.05, 3.63) is 113 Å². The van der Waals surface area contributed by atoms with E-state index in [1.807, 2.05) is 18.2 Å². The summed E-state index contributed by atoms with van der Waals surface area (Å²) < 4.78 is 0. The SMILES string of the molecule is OB(O)c1ccc2c(c1)C1(c3ccccc3-c3ccccc31)c1ccccc1-2. The summed E-state index contributed by atoms with van der Waals surface area (Å²) in [5, 5.41) is 19.7. The van der Waals surface area contributed by atoms with E-state index in [4.69, 9.17) is 0 Å². The third kappa shape index (κ3) is 1.76. The molecule has 1 spiro atoms. The molecule has 0 saturated heterocycles. The Morgan fingerprint density at radius 3 is 1.39 bits per heavy atom. The highest BCUT2D eigenvalue weighted by Crippen LogP contribution is 2.62. The molecule has 0 amide bonds. The highest BCUT2D eigenvalue weighted by molar-refractivity contribution is 6.58. The molecule has 132 valence electrons. The molecule has 2 N–H and O–H groups in total. The predicted octanol–water partition coefficient (Wildman–Crippen LogP) is 3.71. The summed E-state index contributed by atoms with van der Waals surface area (Å²) in [6.45, 7) is 0. The highest BCUT2D eigenvalue weighted by atomic mass is 16.4. The molecule has 0 aromatic heterocycles. The molecule has 28 heavy (non-hydrogen) atoms. The fraction of sp³-hybridized carbons (Fsp3) is 0.0400. The normalized spacial score (nSPS) is 14.4. The van der Waals surface area contributed by atoms with Crippen LogP contribution in [-0.4, -0.2) is 17.2 Å². The van der Waals surface area contributed by atoms with Gasteiger partial charge in [0.25, 0.3) is 0 Å². The van der Waals surface area contributed by atoms with Gasteiger partial charge in [0.15, 0.2) is 0 Å². The zero-order valence-electron chi connectivity index (χ0n) is 15.1. The lowest BCUT2D eigenvalue weighted by Crippen LogP contribution is -2.32. The maximum absolute atomic E-state index is 9.85. The summed E-state index contributed by atoms with van der Waals surface area (Å²) in [6, 6.07) is 31.5. The van der Waals surface area contributed by atoms with Crippen LogP contribution in [0.15, 0.2) is 91.0 Å². The zero-order valence-corrected chi connectivity index (χ0v) is 15.1. The van der Waals surface area contributed by atoms with Crippen molar-refractivity contribution in [2.75, 3.05) is 0 Å². The van der Waals surface area contributed by atoms with E-state index in [1.165, 1.54) is 33.4 Å². The van der Waals surface area contributed by atoms with Crippen molar-refractivity contribution >= 4 is 12.6 Å². The van der Waals surface area contributed by atoms with Crippen LogP contribution in [0.2, 0.25) is 0 Å². The second-order valence-electron chi connectivity index (χ2n) is 7.57. The van der Waals surface area contributed by atoms with Crippen LogP contribution in [0.25, 0.3) is 22.3 Å². The first-order valence-corrected chi connectivity index (χ1v) is 9.53. The third-order valence-electron chi connectivity index (χ3n) is 6.32. The Bertz CT molecular complexity index is 1200. The fourth-order valence-electron chi connectivity index (χ4n) is 5.27. The van der Waals surface area contributed by atoms with Crippen LogP contribution >= 0.6 is 0 Å². The maximum atomic E-state index is 9.85. The van der Waals surface area contributed by atoms with E-state index in [0.29, 0.717) is 5.46 Å². The Labute approximate surface area is 163 Å². The average molecular weight is 360 g/mol. The van der Waals surface area contributed by atoms with E-state index in [9.17, 15) is 10.0 Å². The summed E-state index contributed by atoms with van der Waals surface area (Å²) in [5.41, 5.74) is 9.85. The van der Waals surface area contributed by atoms with E-state index in [0.717, 1.165) is 11.1 Å². The van der Waals surface area contributed by atoms with Gasteiger partial charge in [0, 0.05) is 0 Å². The molecule has 4 aromatic rings. The molecule has 0 unspecified atom stereocenters. The molecule has 0 aliphatic heterocycles. The number of rotatable bonds is 1. The van der Waals surface area contributed by atoms with Gasteiger partial charge in [-0.2, -0.15) is 0 Å². The minimum absolute atomic E-state index is 0.427. The molecule has 6 rings (SSSR count). The predicted molar refractivity (Wildman–Crippen MR) is 113 cm³/mol. The van der Waals surface area contributed by atoms with Crippen molar-refractivity contribution in [2.45, 2.75) is 5.41 Å². The van der Waals surface area contributed by atoms with Gasteiger partial charge >= 0.3 is 7.12 Å². The van der Waals surface area contributed by atoms with Crippen LogP contribution in [-0.2, 0) is 5.41 Å². The minimum atomic E-state index is -1.49. The molecule has 0 saturated carbocycles. The van der Waals surface area contributed by atoms with Gasteiger partial charge in [0.2, 0.25) is 0 Å². The summed E-state index contributed by atoms with van der Waals surface area (Å²) in [4.78, 5) is 0. The first-order chi connectivity index (χ1) is 13.7. The van der Waals surface area contributed by atoms with Crippen LogP contribution in [0.1, 0.15) is 22.3 Å². The van der Waals surface area contributed by atoms with Gasteiger partial charge in [-0.15, -0.1) is 0 Å². The van der Waals surface area contributed by atoms with Gasteiger partial charge in [-0.05, 0) is 50.0 Å². The van der Waals surface area contributed by atoms with Gasteiger partial charge in [-0.1, -0.05) is 91.0 Å². The average Bonchev–Trinajstić information content (AvgIpc) is 3.21. The third-order valence-corrected chi connectivity index (χ3v) is 6.32. The lowest BCUT2D eigenvalue weighted by molar-refractivity contribution is 0.425. The Morgan fingerprint density at radius 1 is 0.500 bits per heavy atom. The van der Waals surface area contributed by atoms with E-state index in [-0.39, 0.29) is 0 Å². The Kier molecular flexibility index (Phi) is 3.09. The Morgan fingerprint density at radius 2 is 0.929 bits per heavy atom. The molecule has 0 fully saturated rings. The van der Waals surface area contributed by atoms with E-state index >= 15 is 0 Å². The molecule has 3 heteroatoms. The first-order valence-electron chi connectivity index (χ1n) is 9.53. The molecule has 2 aliphatic rings. The molecular formula is C25H17BO2. The number of benzene rings is 4. The number of hydrogen-bond acceptors (Lipinski definition) is 2. The molecule has 0 bridgehead atoms. The lowest BCUT2D eigenvalue weighted by Gasteiger charge is -2.30. The highest BCUT2D eigenvalue weighted by Gasteiger charge is 2.51. The largest absolute Gasteiger partial charge is 0.488 e. The molecule has 0 atom stereocenters. The lowest BCUT2D eigenvalue weighted by atomic mass is 9.68. The van der Waals surface area contributed by atoms with Crippen LogP contribution in [0.3, 0.4) is 0 Å². The second-order valence-corrected chi connectivity index (χ2v) is 7.57. The number of fused-ring (bicyclic) bond motifs is 10. The first kappa shape index (κ1) is 15.9. The van der Waals surface area contributed by atoms with Crippen molar-refractivity contribution in [3.63, 3.8) is 0 Å². The van der Waals surface area contributed by atoms with E-state index < -0.39 is 12.5 Å². The zero-order chi connectivity index (χ0) is 18.9. The Balaban J connectivity index is 1.83. The summed E-state index contributed by atoms with van der Waals surface area (Å²) in [6.07, 6.45) is 0.